The second kappa shape index (κ2) is 6.55. The summed E-state index contributed by atoms with van der Waals surface area (Å²) < 4.78 is 0. The van der Waals surface area contributed by atoms with Crippen LogP contribution in [0.15, 0.2) is 30.3 Å². The highest BCUT2D eigenvalue weighted by Crippen LogP contribution is 2.07. The minimum Gasteiger partial charge on any atom is -0.393 e. The van der Waals surface area contributed by atoms with Crippen LogP contribution in [0.25, 0.3) is 0 Å². The van der Waals surface area contributed by atoms with Crippen LogP contribution in [0.2, 0.25) is 0 Å². The molecule has 0 amide bonds. The Kier molecular flexibility index (Phi) is 5.23. The maximum Gasteiger partial charge on any atom is 0.0727 e. The Morgan fingerprint density at radius 2 is 1.79 bits per heavy atom. The second-order valence-corrected chi connectivity index (χ2v) is 4.04. The van der Waals surface area contributed by atoms with Gasteiger partial charge in [-0.1, -0.05) is 49.0 Å². The summed E-state index contributed by atoms with van der Waals surface area (Å²) in [6.07, 6.45) is 5.63. The van der Waals surface area contributed by atoms with Gasteiger partial charge in [0.2, 0.25) is 0 Å². The summed E-state index contributed by atoms with van der Waals surface area (Å²) in [5, 5.41) is 0. The van der Waals surface area contributed by atoms with Gasteiger partial charge in [-0.3, -0.25) is 0 Å². The van der Waals surface area contributed by atoms with E-state index in [0.29, 0.717) is 4.99 Å². The van der Waals surface area contributed by atoms with E-state index in [2.05, 4.69) is 30.3 Å². The van der Waals surface area contributed by atoms with Crippen molar-refractivity contribution in [3.63, 3.8) is 0 Å². The van der Waals surface area contributed by atoms with Gasteiger partial charge in [-0.25, -0.2) is 0 Å². The zero-order valence-electron chi connectivity index (χ0n) is 8.41. The molecule has 0 unspecified atom stereocenters. The summed E-state index contributed by atoms with van der Waals surface area (Å²) in [6.45, 7) is 0. The molecule has 14 heavy (non-hydrogen) atoms. The molecule has 0 spiro atoms. The summed E-state index contributed by atoms with van der Waals surface area (Å²) in [5.74, 6) is 0. The van der Waals surface area contributed by atoms with E-state index in [0.717, 1.165) is 19.3 Å². The average molecular weight is 207 g/mol. The van der Waals surface area contributed by atoms with E-state index in [1.165, 1.54) is 18.4 Å². The van der Waals surface area contributed by atoms with Crippen LogP contribution >= 0.6 is 12.2 Å². The van der Waals surface area contributed by atoms with Crippen LogP contribution in [0.4, 0.5) is 0 Å². The predicted molar refractivity (Wildman–Crippen MR) is 65.4 cm³/mol. The number of unbranched alkanes of at least 4 members (excludes halogenated alkanes) is 2. The van der Waals surface area contributed by atoms with E-state index >= 15 is 0 Å². The maximum atomic E-state index is 5.42. The highest BCUT2D eigenvalue weighted by molar-refractivity contribution is 7.80. The molecule has 0 aliphatic carbocycles. The predicted octanol–water partition coefficient (Wildman–Crippen LogP) is 3.08. The fourth-order valence-electron chi connectivity index (χ4n) is 1.45. The highest BCUT2D eigenvalue weighted by Gasteiger charge is 1.93. The van der Waals surface area contributed by atoms with Gasteiger partial charge in [0.25, 0.3) is 0 Å². The Hall–Kier alpha value is -0.890. The van der Waals surface area contributed by atoms with Gasteiger partial charge in [-0.2, -0.15) is 0 Å². The first-order chi connectivity index (χ1) is 6.79. The molecule has 1 aromatic carbocycles. The molecular formula is C12H17NS. The van der Waals surface area contributed by atoms with Gasteiger partial charge in [0.05, 0.1) is 4.99 Å². The maximum absolute atomic E-state index is 5.42. The molecule has 0 radical (unpaired) electrons. The van der Waals surface area contributed by atoms with Crippen molar-refractivity contribution in [3.8, 4) is 0 Å². The molecule has 0 bridgehead atoms. The molecule has 0 aromatic heterocycles. The minimum atomic E-state index is 0.643. The van der Waals surface area contributed by atoms with E-state index in [1.54, 1.807) is 0 Å². The molecule has 1 aromatic rings. The number of hydrogen-bond donors (Lipinski definition) is 1. The molecule has 1 rings (SSSR count). The molecule has 1 nitrogen and oxygen atoms in total. The second-order valence-electron chi connectivity index (χ2n) is 3.51. The summed E-state index contributed by atoms with van der Waals surface area (Å²) in [5.41, 5.74) is 6.84. The van der Waals surface area contributed by atoms with Crippen molar-refractivity contribution < 1.29 is 0 Å². The summed E-state index contributed by atoms with van der Waals surface area (Å²) in [7, 11) is 0. The van der Waals surface area contributed by atoms with Crippen LogP contribution in [-0.2, 0) is 6.42 Å². The lowest BCUT2D eigenvalue weighted by atomic mass is 10.1. The fraction of sp³-hybridized carbons (Fsp3) is 0.417. The van der Waals surface area contributed by atoms with Gasteiger partial charge in [0, 0.05) is 0 Å². The topological polar surface area (TPSA) is 26.0 Å². The van der Waals surface area contributed by atoms with Crippen LogP contribution in [0.1, 0.15) is 31.2 Å². The summed E-state index contributed by atoms with van der Waals surface area (Å²) >= 11 is 4.82. The standard InChI is InChI=1S/C12H17NS/c13-12(14)10-6-2-5-9-11-7-3-1-4-8-11/h1,3-4,7-8H,2,5-6,9-10H2,(H2,13,14). The third kappa shape index (κ3) is 4.97. The Morgan fingerprint density at radius 3 is 2.43 bits per heavy atom. The summed E-state index contributed by atoms with van der Waals surface area (Å²) in [6, 6.07) is 10.6. The van der Waals surface area contributed by atoms with Crippen LogP contribution < -0.4 is 5.73 Å². The lowest BCUT2D eigenvalue weighted by Crippen LogP contribution is -2.06. The SMILES string of the molecule is NC(=S)CCCCCc1ccccc1. The zero-order valence-corrected chi connectivity index (χ0v) is 9.22. The van der Waals surface area contributed by atoms with Crippen molar-refractivity contribution in [3.05, 3.63) is 35.9 Å². The normalized spacial score (nSPS) is 10.0. The Labute approximate surface area is 91.3 Å². The molecule has 0 atom stereocenters. The van der Waals surface area contributed by atoms with Crippen LogP contribution in [0.5, 0.6) is 0 Å². The van der Waals surface area contributed by atoms with E-state index < -0.39 is 0 Å². The van der Waals surface area contributed by atoms with Crippen LogP contribution in [0, 0.1) is 0 Å². The Bertz CT molecular complexity index is 269. The van der Waals surface area contributed by atoms with E-state index in [-0.39, 0.29) is 0 Å². The lowest BCUT2D eigenvalue weighted by molar-refractivity contribution is 0.697. The van der Waals surface area contributed by atoms with Gasteiger partial charge in [0.15, 0.2) is 0 Å². The number of rotatable bonds is 6. The molecule has 0 aliphatic rings. The first kappa shape index (κ1) is 11.2. The van der Waals surface area contributed by atoms with Crippen LogP contribution in [-0.4, -0.2) is 4.99 Å². The van der Waals surface area contributed by atoms with Crippen LogP contribution in [0.3, 0.4) is 0 Å². The molecule has 2 heteroatoms. The molecule has 0 aliphatic heterocycles. The van der Waals surface area contributed by atoms with Crippen molar-refractivity contribution in [2.75, 3.05) is 0 Å². The zero-order chi connectivity index (χ0) is 10.2. The van der Waals surface area contributed by atoms with Gasteiger partial charge >= 0.3 is 0 Å². The van der Waals surface area contributed by atoms with Crippen molar-refractivity contribution in [2.24, 2.45) is 5.73 Å². The first-order valence-electron chi connectivity index (χ1n) is 5.11. The number of thiocarbonyl (C=S) groups is 1. The molecule has 0 saturated heterocycles. The molecule has 0 fully saturated rings. The molecule has 2 N–H and O–H groups in total. The highest BCUT2D eigenvalue weighted by atomic mass is 32.1. The van der Waals surface area contributed by atoms with Gasteiger partial charge in [-0.05, 0) is 31.2 Å². The number of nitrogens with two attached hydrogens (primary N) is 1. The van der Waals surface area contributed by atoms with E-state index in [1.807, 2.05) is 0 Å². The fourth-order valence-corrected chi connectivity index (χ4v) is 1.59. The van der Waals surface area contributed by atoms with E-state index in [9.17, 15) is 0 Å². The summed E-state index contributed by atoms with van der Waals surface area (Å²) in [4.78, 5) is 0.643. The van der Waals surface area contributed by atoms with Crippen molar-refractivity contribution >= 4 is 17.2 Å². The molecule has 76 valence electrons. The Balaban J connectivity index is 2.08. The van der Waals surface area contributed by atoms with Gasteiger partial charge in [-0.15, -0.1) is 0 Å². The Morgan fingerprint density at radius 1 is 1.07 bits per heavy atom. The smallest absolute Gasteiger partial charge is 0.0727 e. The van der Waals surface area contributed by atoms with Gasteiger partial charge in [0.1, 0.15) is 0 Å². The largest absolute Gasteiger partial charge is 0.393 e. The molecule has 0 saturated carbocycles. The minimum absolute atomic E-state index is 0.643. The van der Waals surface area contributed by atoms with Crippen molar-refractivity contribution in [1.82, 2.24) is 0 Å². The molecular weight excluding hydrogens is 190 g/mol. The third-order valence-electron chi connectivity index (χ3n) is 2.23. The van der Waals surface area contributed by atoms with Crippen molar-refractivity contribution in [1.29, 1.82) is 0 Å². The average Bonchev–Trinajstić information content (AvgIpc) is 2.18. The first-order valence-corrected chi connectivity index (χ1v) is 5.52. The molecule has 0 heterocycles. The van der Waals surface area contributed by atoms with Gasteiger partial charge < -0.3 is 5.73 Å². The van der Waals surface area contributed by atoms with Crippen molar-refractivity contribution in [2.45, 2.75) is 32.1 Å². The number of benzene rings is 1. The number of hydrogen-bond acceptors (Lipinski definition) is 1. The quantitative estimate of drug-likeness (QED) is 0.573. The third-order valence-corrected chi connectivity index (χ3v) is 2.44. The monoisotopic (exact) mass is 207 g/mol. The van der Waals surface area contributed by atoms with E-state index in [4.69, 9.17) is 18.0 Å². The lowest BCUT2D eigenvalue weighted by Gasteiger charge is -2.01. The number of aryl methyl sites for hydroxylation is 1.